The van der Waals surface area contributed by atoms with Crippen molar-refractivity contribution in [3.8, 4) is 0 Å². The molecule has 2 atom stereocenters. The van der Waals surface area contributed by atoms with Crippen LogP contribution < -0.4 is 0 Å². The molecule has 0 radical (unpaired) electrons. The van der Waals surface area contributed by atoms with Crippen molar-refractivity contribution in [1.29, 1.82) is 0 Å². The van der Waals surface area contributed by atoms with Crippen molar-refractivity contribution in [3.05, 3.63) is 48.6 Å². The molecule has 4 nitrogen and oxygen atoms in total. The van der Waals surface area contributed by atoms with Crippen LogP contribution in [0.2, 0.25) is 0 Å². The van der Waals surface area contributed by atoms with E-state index >= 15 is 0 Å². The van der Waals surface area contributed by atoms with E-state index in [1.807, 2.05) is 12.2 Å². The van der Waals surface area contributed by atoms with Crippen LogP contribution in [0.25, 0.3) is 0 Å². The fraction of sp³-hybridized carbons (Fsp3) is 0.550. The largest absolute Gasteiger partial charge is 0.481 e. The fourth-order valence-corrected chi connectivity index (χ4v) is 2.03. The SMILES string of the molecule is CC/C=C\C/C=C\C/C=C\C/C=C\C[C@H](O)[C@@H](O)CCCC(=O)O. The lowest BCUT2D eigenvalue weighted by Gasteiger charge is -2.15. The highest BCUT2D eigenvalue weighted by atomic mass is 16.4. The van der Waals surface area contributed by atoms with Gasteiger partial charge in [-0.3, -0.25) is 4.79 Å². The first-order valence-electron chi connectivity index (χ1n) is 8.75. The van der Waals surface area contributed by atoms with Crippen molar-refractivity contribution >= 4 is 5.97 Å². The van der Waals surface area contributed by atoms with Crippen molar-refractivity contribution in [1.82, 2.24) is 0 Å². The predicted molar refractivity (Wildman–Crippen MR) is 98.8 cm³/mol. The van der Waals surface area contributed by atoms with Crippen LogP contribution in [-0.4, -0.2) is 33.5 Å². The van der Waals surface area contributed by atoms with Crippen LogP contribution in [0, 0.1) is 0 Å². The van der Waals surface area contributed by atoms with Gasteiger partial charge in [0.15, 0.2) is 0 Å². The molecule has 0 bridgehead atoms. The van der Waals surface area contributed by atoms with Crippen LogP contribution in [0.5, 0.6) is 0 Å². The van der Waals surface area contributed by atoms with Crippen molar-refractivity contribution in [3.63, 3.8) is 0 Å². The Labute approximate surface area is 145 Å². The van der Waals surface area contributed by atoms with Crippen molar-refractivity contribution in [2.75, 3.05) is 0 Å². The summed E-state index contributed by atoms with van der Waals surface area (Å²) >= 11 is 0. The topological polar surface area (TPSA) is 77.8 Å². The van der Waals surface area contributed by atoms with Gasteiger partial charge in [0.1, 0.15) is 0 Å². The zero-order valence-corrected chi connectivity index (χ0v) is 14.7. The van der Waals surface area contributed by atoms with Crippen molar-refractivity contribution in [2.45, 2.75) is 70.5 Å². The van der Waals surface area contributed by atoms with E-state index in [4.69, 9.17) is 5.11 Å². The highest BCUT2D eigenvalue weighted by molar-refractivity contribution is 5.66. The highest BCUT2D eigenvalue weighted by Gasteiger charge is 2.14. The maximum atomic E-state index is 10.4. The Morgan fingerprint density at radius 2 is 1.33 bits per heavy atom. The molecule has 0 unspecified atom stereocenters. The Morgan fingerprint density at radius 1 is 0.833 bits per heavy atom. The van der Waals surface area contributed by atoms with Gasteiger partial charge in [-0.25, -0.2) is 0 Å². The molecular formula is C20H32O4. The number of allylic oxidation sites excluding steroid dienone is 7. The number of rotatable bonds is 14. The molecule has 0 aliphatic carbocycles. The molecule has 0 aromatic rings. The summed E-state index contributed by atoms with van der Waals surface area (Å²) in [4.78, 5) is 10.4. The smallest absolute Gasteiger partial charge is 0.303 e. The number of carbonyl (C=O) groups is 1. The minimum absolute atomic E-state index is 0.0216. The Hall–Kier alpha value is -1.65. The third-order valence-corrected chi connectivity index (χ3v) is 3.43. The van der Waals surface area contributed by atoms with Gasteiger partial charge in [-0.1, -0.05) is 55.5 Å². The van der Waals surface area contributed by atoms with E-state index in [0.717, 1.165) is 25.7 Å². The second-order valence-corrected chi connectivity index (χ2v) is 5.66. The average Bonchev–Trinajstić information content (AvgIpc) is 2.55. The summed E-state index contributed by atoms with van der Waals surface area (Å²) in [6.07, 6.45) is 19.7. The van der Waals surface area contributed by atoms with Crippen LogP contribution in [-0.2, 0) is 4.79 Å². The number of aliphatic carboxylic acids is 1. The zero-order valence-electron chi connectivity index (χ0n) is 14.7. The van der Waals surface area contributed by atoms with Gasteiger partial charge in [0.25, 0.3) is 0 Å². The molecule has 3 N–H and O–H groups in total. The summed E-state index contributed by atoms with van der Waals surface area (Å²) in [7, 11) is 0. The molecule has 0 heterocycles. The first kappa shape index (κ1) is 22.4. The van der Waals surface area contributed by atoms with E-state index in [0.29, 0.717) is 19.3 Å². The lowest BCUT2D eigenvalue weighted by molar-refractivity contribution is -0.137. The van der Waals surface area contributed by atoms with Crippen molar-refractivity contribution in [2.24, 2.45) is 0 Å². The molecular weight excluding hydrogens is 304 g/mol. The molecule has 0 saturated carbocycles. The maximum absolute atomic E-state index is 10.4. The van der Waals surface area contributed by atoms with Gasteiger partial charge in [0.2, 0.25) is 0 Å². The van der Waals surface area contributed by atoms with E-state index in [9.17, 15) is 15.0 Å². The van der Waals surface area contributed by atoms with E-state index in [1.165, 1.54) is 0 Å². The number of aliphatic hydroxyl groups is 2. The molecule has 0 fully saturated rings. The normalized spacial score (nSPS) is 15.1. The van der Waals surface area contributed by atoms with Crippen LogP contribution >= 0.6 is 0 Å². The van der Waals surface area contributed by atoms with Gasteiger partial charge in [0, 0.05) is 6.42 Å². The van der Waals surface area contributed by atoms with Gasteiger partial charge < -0.3 is 15.3 Å². The van der Waals surface area contributed by atoms with Crippen molar-refractivity contribution < 1.29 is 20.1 Å². The van der Waals surface area contributed by atoms with Crippen LogP contribution in [0.3, 0.4) is 0 Å². The van der Waals surface area contributed by atoms with Crippen LogP contribution in [0.15, 0.2) is 48.6 Å². The zero-order chi connectivity index (χ0) is 18.0. The number of aliphatic hydroxyl groups excluding tert-OH is 2. The molecule has 0 aliphatic heterocycles. The summed E-state index contributed by atoms with van der Waals surface area (Å²) in [6.45, 7) is 2.12. The van der Waals surface area contributed by atoms with E-state index in [1.54, 1.807) is 0 Å². The second-order valence-electron chi connectivity index (χ2n) is 5.66. The summed E-state index contributed by atoms with van der Waals surface area (Å²) in [6, 6.07) is 0. The molecule has 0 aliphatic rings. The average molecular weight is 336 g/mol. The highest BCUT2D eigenvalue weighted by Crippen LogP contribution is 2.09. The third-order valence-electron chi connectivity index (χ3n) is 3.43. The standard InChI is InChI=1S/C20H32O4/c1-2-3-4-5-6-7-8-9-10-11-12-13-15-18(21)19(22)16-14-17-20(23)24/h3-4,6-7,9-10,12-13,18-19,21-22H,2,5,8,11,14-17H2,1H3,(H,23,24)/b4-3-,7-6-,10-9-,13-12-/t18-,19-/m0/s1. The minimum atomic E-state index is -0.879. The monoisotopic (exact) mass is 336 g/mol. The summed E-state index contributed by atoms with van der Waals surface area (Å²) in [5.41, 5.74) is 0. The molecule has 4 heteroatoms. The number of hydrogen-bond acceptors (Lipinski definition) is 3. The summed E-state index contributed by atoms with van der Waals surface area (Å²) in [5, 5.41) is 28.0. The third kappa shape index (κ3) is 15.3. The summed E-state index contributed by atoms with van der Waals surface area (Å²) < 4.78 is 0. The Balaban J connectivity index is 3.70. The van der Waals surface area contributed by atoms with E-state index < -0.39 is 18.2 Å². The van der Waals surface area contributed by atoms with E-state index in [2.05, 4.69) is 43.4 Å². The molecule has 24 heavy (non-hydrogen) atoms. The maximum Gasteiger partial charge on any atom is 0.303 e. The molecule has 0 aromatic heterocycles. The first-order chi connectivity index (χ1) is 11.6. The number of hydrogen-bond donors (Lipinski definition) is 3. The quantitative estimate of drug-likeness (QED) is 0.416. The van der Waals surface area contributed by atoms with Gasteiger partial charge >= 0.3 is 5.97 Å². The van der Waals surface area contributed by atoms with E-state index in [-0.39, 0.29) is 6.42 Å². The lowest BCUT2D eigenvalue weighted by atomic mass is 10.0. The van der Waals surface area contributed by atoms with Gasteiger partial charge in [0.05, 0.1) is 12.2 Å². The molecule has 136 valence electrons. The Morgan fingerprint density at radius 3 is 1.83 bits per heavy atom. The lowest BCUT2D eigenvalue weighted by Crippen LogP contribution is -2.25. The summed E-state index contributed by atoms with van der Waals surface area (Å²) in [5.74, 6) is -0.879. The van der Waals surface area contributed by atoms with Crippen LogP contribution in [0.1, 0.15) is 58.3 Å². The minimum Gasteiger partial charge on any atom is -0.481 e. The molecule has 0 amide bonds. The van der Waals surface area contributed by atoms with Crippen LogP contribution in [0.4, 0.5) is 0 Å². The van der Waals surface area contributed by atoms with Gasteiger partial charge in [-0.05, 0) is 44.9 Å². The number of carboxylic acid groups (broad SMARTS) is 1. The van der Waals surface area contributed by atoms with Gasteiger partial charge in [-0.2, -0.15) is 0 Å². The molecule has 0 aromatic carbocycles. The van der Waals surface area contributed by atoms with Gasteiger partial charge in [-0.15, -0.1) is 0 Å². The molecule has 0 rings (SSSR count). The molecule has 0 spiro atoms. The Kier molecular flexibility index (Phi) is 15.1. The Bertz CT molecular complexity index is 421. The molecule has 0 saturated heterocycles. The fourth-order valence-electron chi connectivity index (χ4n) is 2.03. The second kappa shape index (κ2) is 16.2. The first-order valence-corrected chi connectivity index (χ1v) is 8.75. The predicted octanol–water partition coefficient (Wildman–Crippen LogP) is 4.16. The number of carboxylic acids is 1.